The lowest BCUT2D eigenvalue weighted by Crippen LogP contribution is -2.02. The van der Waals surface area contributed by atoms with Crippen LogP contribution in [0.4, 0.5) is 0 Å². The minimum Gasteiger partial charge on any atom is -0.497 e. The summed E-state index contributed by atoms with van der Waals surface area (Å²) in [6.07, 6.45) is 0. The van der Waals surface area contributed by atoms with Crippen molar-refractivity contribution in [2.45, 2.75) is 19.8 Å². The van der Waals surface area contributed by atoms with E-state index in [1.807, 2.05) is 13.8 Å². The molecule has 0 bridgehead atoms. The van der Waals surface area contributed by atoms with Crippen molar-refractivity contribution in [2.75, 3.05) is 14.2 Å². The minimum atomic E-state index is -1.06. The van der Waals surface area contributed by atoms with Crippen LogP contribution in [0.5, 0.6) is 11.5 Å². The van der Waals surface area contributed by atoms with Crippen LogP contribution in [-0.2, 0) is 0 Å². The molecule has 7 heteroatoms. The summed E-state index contributed by atoms with van der Waals surface area (Å²) in [6.45, 7) is 3.84. The van der Waals surface area contributed by atoms with Gasteiger partial charge >= 0.3 is 5.97 Å². The molecule has 0 saturated heterocycles. The van der Waals surface area contributed by atoms with Crippen molar-refractivity contribution in [3.8, 4) is 22.8 Å². The molecule has 7 nitrogen and oxygen atoms in total. The zero-order valence-corrected chi connectivity index (χ0v) is 14.4. The zero-order chi connectivity index (χ0) is 18.1. The number of fused-ring (bicyclic) bond motifs is 1. The van der Waals surface area contributed by atoms with Gasteiger partial charge in [-0.05, 0) is 24.1 Å². The molecular weight excluding hydrogens is 324 g/mol. The highest BCUT2D eigenvalue weighted by atomic mass is 16.5. The normalized spacial score (nSPS) is 11.1. The highest BCUT2D eigenvalue weighted by Crippen LogP contribution is 2.35. The molecule has 0 fully saturated rings. The van der Waals surface area contributed by atoms with E-state index in [1.54, 1.807) is 25.3 Å². The second-order valence-electron chi connectivity index (χ2n) is 5.83. The first-order valence-electron chi connectivity index (χ1n) is 7.72. The SMILES string of the molecule is COc1ccc(-c2cc(C(=O)O)c3c(C(C)C)noc3n2)c(OC)c1. The molecule has 0 aliphatic rings. The van der Waals surface area contributed by atoms with Crippen molar-refractivity contribution in [2.24, 2.45) is 0 Å². The molecule has 130 valence electrons. The van der Waals surface area contributed by atoms with E-state index in [0.717, 1.165) is 0 Å². The number of nitrogens with zero attached hydrogens (tertiary/aromatic N) is 2. The number of carboxylic acid groups (broad SMARTS) is 1. The molecule has 0 spiro atoms. The van der Waals surface area contributed by atoms with Gasteiger partial charge in [-0.2, -0.15) is 0 Å². The minimum absolute atomic E-state index is 0.0162. The quantitative estimate of drug-likeness (QED) is 0.755. The fourth-order valence-electron chi connectivity index (χ4n) is 2.68. The van der Waals surface area contributed by atoms with Gasteiger partial charge in [-0.3, -0.25) is 0 Å². The summed E-state index contributed by atoms with van der Waals surface area (Å²) in [5, 5.41) is 14.1. The lowest BCUT2D eigenvalue weighted by atomic mass is 10.0. The van der Waals surface area contributed by atoms with Gasteiger partial charge in [0.15, 0.2) is 0 Å². The standard InChI is InChI=1S/C18H18N2O5/c1-9(2)16-15-12(18(21)22)8-13(19-17(15)25-20-16)11-6-5-10(23-3)7-14(11)24-4/h5-9H,1-4H3,(H,21,22). The summed E-state index contributed by atoms with van der Waals surface area (Å²) in [5.41, 5.74) is 1.93. The number of ether oxygens (including phenoxy) is 2. The summed E-state index contributed by atoms with van der Waals surface area (Å²) < 4.78 is 15.9. The lowest BCUT2D eigenvalue weighted by Gasteiger charge is -2.11. The first-order chi connectivity index (χ1) is 12.0. The highest BCUT2D eigenvalue weighted by molar-refractivity contribution is 6.03. The Morgan fingerprint density at radius 2 is 1.96 bits per heavy atom. The predicted molar refractivity (Wildman–Crippen MR) is 91.4 cm³/mol. The number of rotatable bonds is 5. The molecule has 3 rings (SSSR count). The molecule has 3 aromatic rings. The van der Waals surface area contributed by atoms with E-state index < -0.39 is 5.97 Å². The topological polar surface area (TPSA) is 94.7 Å². The van der Waals surface area contributed by atoms with Crippen molar-refractivity contribution in [1.82, 2.24) is 10.1 Å². The largest absolute Gasteiger partial charge is 0.497 e. The van der Waals surface area contributed by atoms with Crippen LogP contribution in [0.2, 0.25) is 0 Å². The summed E-state index contributed by atoms with van der Waals surface area (Å²) in [5.74, 6) is 0.0989. The molecule has 2 heterocycles. The molecular formula is C18H18N2O5. The lowest BCUT2D eigenvalue weighted by molar-refractivity contribution is 0.0699. The molecule has 0 radical (unpaired) electrons. The van der Waals surface area contributed by atoms with E-state index in [-0.39, 0.29) is 17.2 Å². The van der Waals surface area contributed by atoms with E-state index in [9.17, 15) is 9.90 Å². The number of benzene rings is 1. The van der Waals surface area contributed by atoms with E-state index in [4.69, 9.17) is 14.0 Å². The average Bonchev–Trinajstić information content (AvgIpc) is 3.04. The number of carboxylic acids is 1. The summed E-state index contributed by atoms with van der Waals surface area (Å²) in [6, 6.07) is 6.74. The Balaban J connectivity index is 2.27. The van der Waals surface area contributed by atoms with E-state index in [2.05, 4.69) is 10.1 Å². The number of methoxy groups -OCH3 is 2. The van der Waals surface area contributed by atoms with Crippen LogP contribution in [-0.4, -0.2) is 35.4 Å². The van der Waals surface area contributed by atoms with Gasteiger partial charge in [0, 0.05) is 11.6 Å². The molecule has 0 aliphatic carbocycles. The maximum atomic E-state index is 11.8. The van der Waals surface area contributed by atoms with Crippen LogP contribution in [0, 0.1) is 0 Å². The van der Waals surface area contributed by atoms with Crippen LogP contribution in [0.1, 0.15) is 35.8 Å². The molecule has 25 heavy (non-hydrogen) atoms. The monoisotopic (exact) mass is 342 g/mol. The van der Waals surface area contributed by atoms with Crippen molar-refractivity contribution in [1.29, 1.82) is 0 Å². The third-order valence-electron chi connectivity index (χ3n) is 3.93. The second kappa shape index (κ2) is 6.43. The maximum absolute atomic E-state index is 11.8. The van der Waals surface area contributed by atoms with Gasteiger partial charge in [0.1, 0.15) is 11.5 Å². The summed E-state index contributed by atoms with van der Waals surface area (Å²) >= 11 is 0. The molecule has 0 unspecified atom stereocenters. The number of aromatic nitrogens is 2. The smallest absolute Gasteiger partial charge is 0.336 e. The average molecular weight is 342 g/mol. The Hall–Kier alpha value is -3.09. The molecule has 1 aromatic carbocycles. The van der Waals surface area contributed by atoms with Crippen LogP contribution in [0.25, 0.3) is 22.4 Å². The van der Waals surface area contributed by atoms with Gasteiger partial charge in [-0.15, -0.1) is 0 Å². The Labute approximate surface area is 144 Å². The van der Waals surface area contributed by atoms with E-state index >= 15 is 0 Å². The Kier molecular flexibility index (Phi) is 4.31. The third-order valence-corrected chi connectivity index (χ3v) is 3.93. The number of carbonyl (C=O) groups is 1. The van der Waals surface area contributed by atoms with Crippen molar-refractivity contribution < 1.29 is 23.9 Å². The Morgan fingerprint density at radius 1 is 1.20 bits per heavy atom. The maximum Gasteiger partial charge on any atom is 0.336 e. The van der Waals surface area contributed by atoms with E-state index in [1.165, 1.54) is 13.2 Å². The molecule has 1 N–H and O–H groups in total. The van der Waals surface area contributed by atoms with Gasteiger partial charge in [0.25, 0.3) is 5.71 Å². The van der Waals surface area contributed by atoms with E-state index in [0.29, 0.717) is 33.8 Å². The fourth-order valence-corrected chi connectivity index (χ4v) is 2.68. The summed E-state index contributed by atoms with van der Waals surface area (Å²) in [4.78, 5) is 16.2. The van der Waals surface area contributed by atoms with Gasteiger partial charge in [0.2, 0.25) is 0 Å². The number of hydrogen-bond donors (Lipinski definition) is 1. The fraction of sp³-hybridized carbons (Fsp3) is 0.278. The predicted octanol–water partition coefficient (Wildman–Crippen LogP) is 3.73. The van der Waals surface area contributed by atoms with Gasteiger partial charge in [-0.1, -0.05) is 19.0 Å². The molecule has 2 aromatic heterocycles. The van der Waals surface area contributed by atoms with Crippen LogP contribution >= 0.6 is 0 Å². The zero-order valence-electron chi connectivity index (χ0n) is 14.4. The Bertz CT molecular complexity index is 946. The molecule has 0 saturated carbocycles. The van der Waals surface area contributed by atoms with Crippen molar-refractivity contribution >= 4 is 17.1 Å². The van der Waals surface area contributed by atoms with Crippen molar-refractivity contribution in [3.63, 3.8) is 0 Å². The van der Waals surface area contributed by atoms with Gasteiger partial charge in [-0.25, -0.2) is 9.78 Å². The van der Waals surface area contributed by atoms with Gasteiger partial charge in [0.05, 0.1) is 36.6 Å². The van der Waals surface area contributed by atoms with Gasteiger partial charge < -0.3 is 19.1 Å². The first kappa shape index (κ1) is 16.8. The van der Waals surface area contributed by atoms with Crippen LogP contribution < -0.4 is 9.47 Å². The molecule has 0 atom stereocenters. The molecule has 0 amide bonds. The first-order valence-corrected chi connectivity index (χ1v) is 7.72. The number of aromatic carboxylic acids is 1. The molecule has 0 aliphatic heterocycles. The van der Waals surface area contributed by atoms with Crippen molar-refractivity contribution in [3.05, 3.63) is 35.5 Å². The number of hydrogen-bond acceptors (Lipinski definition) is 6. The van der Waals surface area contributed by atoms with Crippen LogP contribution in [0.3, 0.4) is 0 Å². The summed E-state index contributed by atoms with van der Waals surface area (Å²) in [7, 11) is 3.09. The third kappa shape index (κ3) is 2.88. The second-order valence-corrected chi connectivity index (χ2v) is 5.83. The Morgan fingerprint density at radius 3 is 2.56 bits per heavy atom. The van der Waals surface area contributed by atoms with Crippen LogP contribution in [0.15, 0.2) is 28.8 Å². The highest BCUT2D eigenvalue weighted by Gasteiger charge is 2.23. The number of pyridine rings is 1.